The number of aromatic carboxylic acids is 1. The van der Waals surface area contributed by atoms with Gasteiger partial charge in [0.2, 0.25) is 0 Å². The van der Waals surface area contributed by atoms with Crippen LogP contribution in [0.3, 0.4) is 0 Å². The summed E-state index contributed by atoms with van der Waals surface area (Å²) in [6, 6.07) is 16.0. The molecule has 0 fully saturated rings. The maximum atomic E-state index is 13.1. The molecule has 7 heteroatoms. The first-order valence-electron chi connectivity index (χ1n) is 9.90. The van der Waals surface area contributed by atoms with Crippen molar-refractivity contribution in [2.45, 2.75) is 26.4 Å². The lowest BCUT2D eigenvalue weighted by Gasteiger charge is -2.29. The Hall–Kier alpha value is -4.18. The lowest BCUT2D eigenvalue weighted by atomic mass is 9.99. The topological polar surface area (TPSA) is 104 Å². The number of benzene rings is 2. The minimum Gasteiger partial charge on any atom is -0.478 e. The van der Waals surface area contributed by atoms with E-state index in [4.69, 9.17) is 4.74 Å². The minimum absolute atomic E-state index is 0.0880. The molecule has 3 aromatic rings. The summed E-state index contributed by atoms with van der Waals surface area (Å²) < 4.78 is 5.53. The number of hydrogen-bond acceptors (Lipinski definition) is 5. The molecule has 0 radical (unpaired) electrons. The number of ether oxygens (including phenoxy) is 1. The zero-order valence-corrected chi connectivity index (χ0v) is 18.1. The number of fused-ring (bicyclic) bond motifs is 1. The van der Waals surface area contributed by atoms with Gasteiger partial charge in [-0.1, -0.05) is 30.8 Å². The van der Waals surface area contributed by atoms with Crippen molar-refractivity contribution in [2.24, 2.45) is 0 Å². The highest BCUT2D eigenvalue weighted by molar-refractivity contribution is 6.11. The smallest absolute Gasteiger partial charge is 0.415 e. The second-order valence-electron chi connectivity index (χ2n) is 8.20. The van der Waals surface area contributed by atoms with Gasteiger partial charge in [-0.15, -0.1) is 0 Å². The third-order valence-electron chi connectivity index (χ3n) is 4.58. The summed E-state index contributed by atoms with van der Waals surface area (Å²) >= 11 is 0. The second kappa shape index (κ2) is 8.90. The van der Waals surface area contributed by atoms with E-state index in [-0.39, 0.29) is 23.4 Å². The van der Waals surface area contributed by atoms with Crippen LogP contribution in [0.5, 0.6) is 0 Å². The molecule has 0 spiro atoms. The average molecular weight is 429 g/mol. The molecule has 0 aliphatic heterocycles. The SMILES string of the molecule is C=C(C#N)CN(C(=O)OC(C)(C)C)c1c(C(=O)O)ccc2ccc(-c3ccccn3)cc12. The Morgan fingerprint density at radius 3 is 2.50 bits per heavy atom. The van der Waals surface area contributed by atoms with E-state index in [0.29, 0.717) is 11.1 Å². The molecule has 0 aliphatic carbocycles. The Balaban J connectivity index is 2.30. The van der Waals surface area contributed by atoms with Crippen molar-refractivity contribution in [3.8, 4) is 17.3 Å². The Morgan fingerprint density at radius 1 is 1.19 bits per heavy atom. The van der Waals surface area contributed by atoms with E-state index < -0.39 is 17.7 Å². The van der Waals surface area contributed by atoms with Crippen molar-refractivity contribution < 1.29 is 19.4 Å². The molecule has 0 atom stereocenters. The fourth-order valence-corrected chi connectivity index (χ4v) is 3.24. The van der Waals surface area contributed by atoms with Crippen molar-refractivity contribution in [1.82, 2.24) is 4.98 Å². The van der Waals surface area contributed by atoms with Crippen LogP contribution >= 0.6 is 0 Å². The standard InChI is InChI=1S/C25H23N3O4/c1-16(14-26)15-28(24(31)32-25(2,3)4)22-19(23(29)30)11-10-17-8-9-18(13-20(17)22)21-7-5-6-12-27-21/h5-13H,1,15H2,2-4H3,(H,29,30). The highest BCUT2D eigenvalue weighted by Gasteiger charge is 2.29. The van der Waals surface area contributed by atoms with Gasteiger partial charge in [0.15, 0.2) is 0 Å². The molecule has 32 heavy (non-hydrogen) atoms. The molecule has 0 saturated heterocycles. The van der Waals surface area contributed by atoms with E-state index in [1.54, 1.807) is 45.2 Å². The normalized spacial score (nSPS) is 10.9. The highest BCUT2D eigenvalue weighted by atomic mass is 16.6. The molecular weight excluding hydrogens is 406 g/mol. The van der Waals surface area contributed by atoms with Gasteiger partial charge in [0, 0.05) is 22.7 Å². The van der Waals surface area contributed by atoms with Gasteiger partial charge in [0.25, 0.3) is 0 Å². The van der Waals surface area contributed by atoms with Crippen LogP contribution in [-0.4, -0.2) is 34.3 Å². The Kier molecular flexibility index (Phi) is 6.26. The number of carboxylic acids is 1. The van der Waals surface area contributed by atoms with E-state index in [1.807, 2.05) is 30.3 Å². The molecule has 1 aromatic heterocycles. The number of rotatable bonds is 5. The van der Waals surface area contributed by atoms with Gasteiger partial charge in [-0.2, -0.15) is 5.26 Å². The predicted molar refractivity (Wildman–Crippen MR) is 122 cm³/mol. The molecule has 0 saturated carbocycles. The quantitative estimate of drug-likeness (QED) is 0.543. The van der Waals surface area contributed by atoms with Crippen LogP contribution < -0.4 is 4.90 Å². The lowest BCUT2D eigenvalue weighted by Crippen LogP contribution is -2.38. The van der Waals surface area contributed by atoms with Crippen LogP contribution in [0.15, 0.2) is 66.9 Å². The maximum absolute atomic E-state index is 13.1. The summed E-state index contributed by atoms with van der Waals surface area (Å²) in [4.78, 5) is 30.8. The van der Waals surface area contributed by atoms with Crippen molar-refractivity contribution in [1.29, 1.82) is 5.26 Å². The van der Waals surface area contributed by atoms with Crippen molar-refractivity contribution in [2.75, 3.05) is 11.4 Å². The van der Waals surface area contributed by atoms with Crippen LogP contribution in [0.2, 0.25) is 0 Å². The molecule has 1 heterocycles. The monoisotopic (exact) mass is 429 g/mol. The van der Waals surface area contributed by atoms with Crippen LogP contribution in [-0.2, 0) is 4.74 Å². The van der Waals surface area contributed by atoms with Crippen molar-refractivity contribution >= 4 is 28.5 Å². The fraction of sp³-hybridized carbons (Fsp3) is 0.200. The van der Waals surface area contributed by atoms with Crippen molar-refractivity contribution in [3.63, 3.8) is 0 Å². The number of carboxylic acid groups (broad SMARTS) is 1. The van der Waals surface area contributed by atoms with Gasteiger partial charge in [-0.3, -0.25) is 9.88 Å². The number of nitrogens with zero attached hydrogens (tertiary/aromatic N) is 3. The van der Waals surface area contributed by atoms with Crippen LogP contribution in [0.4, 0.5) is 10.5 Å². The number of nitriles is 1. The van der Waals surface area contributed by atoms with Crippen LogP contribution in [0, 0.1) is 11.3 Å². The molecule has 0 unspecified atom stereocenters. The van der Waals surface area contributed by atoms with Crippen LogP contribution in [0.1, 0.15) is 31.1 Å². The summed E-state index contributed by atoms with van der Waals surface area (Å²) in [6.07, 6.45) is 0.894. The van der Waals surface area contributed by atoms with E-state index in [0.717, 1.165) is 15.8 Å². The van der Waals surface area contributed by atoms with E-state index in [9.17, 15) is 20.0 Å². The Labute approximate surface area is 186 Å². The molecule has 1 N–H and O–H groups in total. The van der Waals surface area contributed by atoms with Gasteiger partial charge < -0.3 is 9.84 Å². The summed E-state index contributed by atoms with van der Waals surface area (Å²) in [5, 5.41) is 20.4. The fourth-order valence-electron chi connectivity index (χ4n) is 3.24. The molecule has 162 valence electrons. The predicted octanol–water partition coefficient (Wildman–Crippen LogP) is 5.42. The molecule has 1 amide bonds. The highest BCUT2D eigenvalue weighted by Crippen LogP contribution is 2.35. The Morgan fingerprint density at radius 2 is 1.91 bits per heavy atom. The Bertz CT molecular complexity index is 1240. The minimum atomic E-state index is -1.21. The zero-order chi connectivity index (χ0) is 23.5. The number of anilines is 1. The van der Waals surface area contributed by atoms with Crippen molar-refractivity contribution in [3.05, 3.63) is 72.4 Å². The molecule has 0 aliphatic rings. The van der Waals surface area contributed by atoms with Crippen LogP contribution in [0.25, 0.3) is 22.0 Å². The third-order valence-corrected chi connectivity index (χ3v) is 4.58. The largest absolute Gasteiger partial charge is 0.478 e. The number of pyridine rings is 1. The summed E-state index contributed by atoms with van der Waals surface area (Å²) in [6.45, 7) is 8.59. The number of hydrogen-bond donors (Lipinski definition) is 1. The van der Waals surface area contributed by atoms with Gasteiger partial charge in [-0.25, -0.2) is 9.59 Å². The average Bonchev–Trinajstić information content (AvgIpc) is 2.75. The zero-order valence-electron chi connectivity index (χ0n) is 18.1. The maximum Gasteiger partial charge on any atom is 0.415 e. The number of carbonyl (C=O) groups is 2. The number of carbonyl (C=O) groups excluding carboxylic acids is 1. The van der Waals surface area contributed by atoms with Gasteiger partial charge in [0.05, 0.1) is 29.6 Å². The van der Waals surface area contributed by atoms with Gasteiger partial charge in [0.1, 0.15) is 5.60 Å². The first kappa shape index (κ1) is 22.5. The van der Waals surface area contributed by atoms with E-state index in [2.05, 4.69) is 11.6 Å². The number of amides is 1. The second-order valence-corrected chi connectivity index (χ2v) is 8.20. The van der Waals surface area contributed by atoms with E-state index >= 15 is 0 Å². The van der Waals surface area contributed by atoms with Gasteiger partial charge >= 0.3 is 12.1 Å². The summed E-state index contributed by atoms with van der Waals surface area (Å²) in [5.74, 6) is -1.21. The number of aromatic nitrogens is 1. The first-order valence-corrected chi connectivity index (χ1v) is 9.90. The molecule has 2 aromatic carbocycles. The lowest BCUT2D eigenvalue weighted by molar-refractivity contribution is 0.0584. The van der Waals surface area contributed by atoms with E-state index in [1.165, 1.54) is 6.07 Å². The van der Waals surface area contributed by atoms with Gasteiger partial charge in [-0.05, 0) is 50.4 Å². The molecule has 7 nitrogen and oxygen atoms in total. The summed E-state index contributed by atoms with van der Waals surface area (Å²) in [7, 11) is 0. The summed E-state index contributed by atoms with van der Waals surface area (Å²) in [5.41, 5.74) is 0.767. The molecular formula is C25H23N3O4. The molecule has 0 bridgehead atoms. The first-order chi connectivity index (χ1) is 15.1. The third kappa shape index (κ3) is 4.93. The molecule has 3 rings (SSSR count).